The molecule has 0 atom stereocenters. The average molecular weight is 335 g/mol. The predicted octanol–water partition coefficient (Wildman–Crippen LogP) is 1.84. The van der Waals surface area contributed by atoms with E-state index >= 15 is 0 Å². The van der Waals surface area contributed by atoms with Crippen LogP contribution in [0.25, 0.3) is 0 Å². The fourth-order valence-corrected chi connectivity index (χ4v) is 2.06. The molecule has 2 rings (SSSR count). The van der Waals surface area contributed by atoms with E-state index in [4.69, 9.17) is 10.00 Å². The van der Waals surface area contributed by atoms with Crippen LogP contribution >= 0.6 is 0 Å². The Hall–Kier alpha value is -3.15. The number of hydrazine groups is 1. The van der Waals surface area contributed by atoms with Gasteiger partial charge in [-0.05, 0) is 31.2 Å². The van der Waals surface area contributed by atoms with E-state index in [1.807, 2.05) is 11.5 Å². The number of nitrogens with one attached hydrogen (secondary N) is 2. The highest BCUT2D eigenvalue weighted by Crippen LogP contribution is 2.29. The minimum absolute atomic E-state index is 0.119. The topological polar surface area (TPSA) is 92.0 Å². The Balaban J connectivity index is 2.15. The molecule has 0 saturated heterocycles. The molecule has 7 nitrogen and oxygen atoms in total. The molecule has 0 aliphatic rings. The molecule has 2 aromatic rings. The molecule has 1 heterocycles. The fourth-order valence-electron chi connectivity index (χ4n) is 2.06. The number of amides is 1. The number of carbonyl (C=O) groups excluding carboxylic acids is 1. The van der Waals surface area contributed by atoms with Gasteiger partial charge in [0, 0.05) is 12.6 Å². The molecule has 1 aromatic carbocycles. The Morgan fingerprint density at radius 3 is 2.54 bits per heavy atom. The van der Waals surface area contributed by atoms with Crippen LogP contribution in [-0.4, -0.2) is 22.8 Å². The maximum Gasteiger partial charge on any atom is 0.351 e. The monoisotopic (exact) mass is 335 g/mol. The van der Waals surface area contributed by atoms with Crippen LogP contribution in [0.3, 0.4) is 0 Å². The second-order valence-electron chi connectivity index (χ2n) is 4.93. The summed E-state index contributed by atoms with van der Waals surface area (Å²) in [5, 5.41) is 13.0. The number of hydrogen-bond donors (Lipinski definition) is 2. The molecule has 0 aliphatic carbocycles. The second-order valence-corrected chi connectivity index (χ2v) is 4.93. The molecular formula is C15H15F2N5O2. The summed E-state index contributed by atoms with van der Waals surface area (Å²) in [5.41, 5.74) is 4.33. The first-order valence-corrected chi connectivity index (χ1v) is 6.83. The molecule has 0 radical (unpaired) electrons. The van der Waals surface area contributed by atoms with E-state index in [0.717, 1.165) is 12.1 Å². The summed E-state index contributed by atoms with van der Waals surface area (Å²) in [6.45, 7) is 1.59. The number of halogens is 2. The molecular weight excluding hydrogens is 320 g/mol. The van der Waals surface area contributed by atoms with Gasteiger partial charge in [0.15, 0.2) is 5.82 Å². The summed E-state index contributed by atoms with van der Waals surface area (Å²) >= 11 is 0. The van der Waals surface area contributed by atoms with Crippen molar-refractivity contribution in [3.63, 3.8) is 0 Å². The average Bonchev–Trinajstić information content (AvgIpc) is 2.85. The maximum absolute atomic E-state index is 14.2. The second kappa shape index (κ2) is 6.54. The molecule has 0 unspecified atom stereocenters. The van der Waals surface area contributed by atoms with Crippen molar-refractivity contribution in [1.29, 1.82) is 5.26 Å². The summed E-state index contributed by atoms with van der Waals surface area (Å²) in [6, 6.07) is 6.77. The lowest BCUT2D eigenvalue weighted by atomic mass is 10.1. The van der Waals surface area contributed by atoms with Crippen molar-refractivity contribution in [1.82, 2.24) is 15.2 Å². The highest BCUT2D eigenvalue weighted by atomic mass is 19.3. The minimum Gasteiger partial charge on any atom is -0.497 e. The van der Waals surface area contributed by atoms with Gasteiger partial charge in [0.25, 0.3) is 0 Å². The van der Waals surface area contributed by atoms with Crippen LogP contribution in [0.4, 0.5) is 14.6 Å². The van der Waals surface area contributed by atoms with Crippen LogP contribution in [-0.2, 0) is 17.8 Å². The lowest BCUT2D eigenvalue weighted by molar-refractivity contribution is -0.146. The molecule has 0 spiro atoms. The maximum atomic E-state index is 14.2. The first kappa shape index (κ1) is 17.2. The van der Waals surface area contributed by atoms with Gasteiger partial charge in [-0.2, -0.15) is 19.1 Å². The van der Waals surface area contributed by atoms with Gasteiger partial charge in [0.1, 0.15) is 17.4 Å². The van der Waals surface area contributed by atoms with Gasteiger partial charge in [-0.1, -0.05) is 0 Å². The van der Waals surface area contributed by atoms with Crippen molar-refractivity contribution in [3.8, 4) is 11.8 Å². The van der Waals surface area contributed by atoms with E-state index in [0.29, 0.717) is 11.4 Å². The van der Waals surface area contributed by atoms with Gasteiger partial charge in [-0.3, -0.25) is 20.3 Å². The van der Waals surface area contributed by atoms with E-state index in [1.165, 1.54) is 31.0 Å². The fraction of sp³-hybridized carbons (Fsp3) is 0.267. The van der Waals surface area contributed by atoms with Crippen LogP contribution < -0.4 is 15.6 Å². The van der Waals surface area contributed by atoms with Crippen molar-refractivity contribution in [2.45, 2.75) is 12.8 Å². The summed E-state index contributed by atoms with van der Waals surface area (Å²) in [6.07, 6.45) is 0. The molecule has 0 fully saturated rings. The number of rotatable bonds is 5. The number of alkyl halides is 2. The quantitative estimate of drug-likeness (QED) is 0.814. The van der Waals surface area contributed by atoms with E-state index in [1.54, 1.807) is 6.92 Å². The van der Waals surface area contributed by atoms with Crippen molar-refractivity contribution in [3.05, 3.63) is 41.1 Å². The number of benzene rings is 1. The van der Waals surface area contributed by atoms with Crippen LogP contribution in [0.15, 0.2) is 24.3 Å². The van der Waals surface area contributed by atoms with Crippen molar-refractivity contribution < 1.29 is 18.3 Å². The van der Waals surface area contributed by atoms with Crippen LogP contribution in [0.1, 0.15) is 16.8 Å². The Morgan fingerprint density at radius 2 is 2.00 bits per heavy atom. The number of anilines is 1. The SMILES string of the molecule is COc1ccc(C(F)(F)C(=O)NNc2c(C#N)c(C)nn2C)cc1. The summed E-state index contributed by atoms with van der Waals surface area (Å²) in [4.78, 5) is 11.8. The zero-order chi connectivity index (χ0) is 17.9. The molecule has 126 valence electrons. The molecule has 1 aromatic heterocycles. The van der Waals surface area contributed by atoms with Crippen LogP contribution in [0.2, 0.25) is 0 Å². The lowest BCUT2D eigenvalue weighted by Crippen LogP contribution is -2.41. The number of aromatic nitrogens is 2. The zero-order valence-corrected chi connectivity index (χ0v) is 13.2. The number of ether oxygens (including phenoxy) is 1. The third-order valence-corrected chi connectivity index (χ3v) is 3.37. The molecule has 24 heavy (non-hydrogen) atoms. The molecule has 1 amide bonds. The largest absolute Gasteiger partial charge is 0.497 e. The number of carbonyl (C=O) groups is 1. The van der Waals surface area contributed by atoms with Gasteiger partial charge in [-0.25, -0.2) is 0 Å². The highest BCUT2D eigenvalue weighted by Gasteiger charge is 2.41. The van der Waals surface area contributed by atoms with Gasteiger partial charge >= 0.3 is 11.8 Å². The number of hydrogen-bond acceptors (Lipinski definition) is 5. The van der Waals surface area contributed by atoms with Gasteiger partial charge in [0.2, 0.25) is 0 Å². The Kier molecular flexibility index (Phi) is 4.69. The Morgan fingerprint density at radius 1 is 1.38 bits per heavy atom. The number of aryl methyl sites for hydroxylation is 2. The molecule has 0 bridgehead atoms. The molecule has 9 heteroatoms. The smallest absolute Gasteiger partial charge is 0.351 e. The lowest BCUT2D eigenvalue weighted by Gasteiger charge is -2.17. The minimum atomic E-state index is -3.76. The van der Waals surface area contributed by atoms with Gasteiger partial charge in [0.05, 0.1) is 12.8 Å². The predicted molar refractivity (Wildman–Crippen MR) is 81.3 cm³/mol. The third kappa shape index (κ3) is 3.12. The summed E-state index contributed by atoms with van der Waals surface area (Å²) in [5.74, 6) is -4.80. The van der Waals surface area contributed by atoms with E-state index < -0.39 is 17.4 Å². The number of nitrogens with zero attached hydrogens (tertiary/aromatic N) is 3. The van der Waals surface area contributed by atoms with E-state index in [-0.39, 0.29) is 11.4 Å². The van der Waals surface area contributed by atoms with Crippen molar-refractivity contribution in [2.75, 3.05) is 12.5 Å². The highest BCUT2D eigenvalue weighted by molar-refractivity contribution is 5.85. The number of nitriles is 1. The summed E-state index contributed by atoms with van der Waals surface area (Å²) in [7, 11) is 2.93. The summed E-state index contributed by atoms with van der Waals surface area (Å²) < 4.78 is 34.6. The molecule has 2 N–H and O–H groups in total. The third-order valence-electron chi connectivity index (χ3n) is 3.37. The Bertz CT molecular complexity index is 793. The van der Waals surface area contributed by atoms with E-state index in [9.17, 15) is 13.6 Å². The van der Waals surface area contributed by atoms with Gasteiger partial charge < -0.3 is 4.74 Å². The van der Waals surface area contributed by atoms with Crippen molar-refractivity contribution >= 4 is 11.7 Å². The van der Waals surface area contributed by atoms with E-state index in [2.05, 4.69) is 10.5 Å². The normalized spacial score (nSPS) is 10.8. The zero-order valence-electron chi connectivity index (χ0n) is 13.2. The first-order valence-electron chi connectivity index (χ1n) is 6.83. The Labute approximate surface area is 136 Å². The molecule has 0 saturated carbocycles. The van der Waals surface area contributed by atoms with Crippen LogP contribution in [0, 0.1) is 18.3 Å². The van der Waals surface area contributed by atoms with Gasteiger partial charge in [-0.15, -0.1) is 0 Å². The van der Waals surface area contributed by atoms with Crippen molar-refractivity contribution in [2.24, 2.45) is 7.05 Å². The first-order chi connectivity index (χ1) is 11.3. The molecule has 0 aliphatic heterocycles. The standard InChI is InChI=1S/C15H15F2N5O2/c1-9-12(8-18)13(22(2)21-9)19-20-14(23)15(16,17)10-4-6-11(24-3)7-5-10/h4-7,19H,1-3H3,(H,20,23). The number of methoxy groups -OCH3 is 1. The van der Waals surface area contributed by atoms with Crippen LogP contribution in [0.5, 0.6) is 5.75 Å².